The van der Waals surface area contributed by atoms with Gasteiger partial charge in [0.25, 0.3) is 5.56 Å². The number of aromatic nitrogens is 3. The van der Waals surface area contributed by atoms with Crippen molar-refractivity contribution in [1.82, 2.24) is 14.5 Å². The lowest BCUT2D eigenvalue weighted by atomic mass is 9.83. The third-order valence-corrected chi connectivity index (χ3v) is 5.87. The fourth-order valence-corrected chi connectivity index (χ4v) is 4.16. The number of nitrogens with one attached hydrogen (secondary N) is 1. The second kappa shape index (κ2) is 7.51. The van der Waals surface area contributed by atoms with Gasteiger partial charge in [-0.3, -0.25) is 9.36 Å². The SMILES string of the molecule is CCCCNc1ncc2c3ccccc3c(=O)n([C@H]3CC[C@](C)(O)CC3)c2n1. The molecule has 0 aliphatic heterocycles. The van der Waals surface area contributed by atoms with Crippen LogP contribution in [0.4, 0.5) is 5.95 Å². The normalized spacial score (nSPS) is 22.6. The minimum absolute atomic E-state index is 0.00662. The quantitative estimate of drug-likeness (QED) is 0.516. The Hall–Kier alpha value is -2.47. The maximum atomic E-state index is 13.4. The number of hydrogen-bond acceptors (Lipinski definition) is 5. The van der Waals surface area contributed by atoms with Crippen LogP contribution in [0.2, 0.25) is 0 Å². The molecule has 0 radical (unpaired) electrons. The molecule has 0 spiro atoms. The zero-order chi connectivity index (χ0) is 19.7. The van der Waals surface area contributed by atoms with E-state index >= 15 is 0 Å². The van der Waals surface area contributed by atoms with Gasteiger partial charge in [-0.05, 0) is 50.5 Å². The van der Waals surface area contributed by atoms with E-state index in [9.17, 15) is 9.90 Å². The average Bonchev–Trinajstić information content (AvgIpc) is 2.69. The predicted molar refractivity (Wildman–Crippen MR) is 113 cm³/mol. The van der Waals surface area contributed by atoms with Crippen LogP contribution in [0.25, 0.3) is 21.8 Å². The Labute approximate surface area is 164 Å². The molecule has 2 N–H and O–H groups in total. The van der Waals surface area contributed by atoms with E-state index in [1.165, 1.54) is 0 Å². The smallest absolute Gasteiger partial charge is 0.260 e. The molecule has 28 heavy (non-hydrogen) atoms. The summed E-state index contributed by atoms with van der Waals surface area (Å²) in [7, 11) is 0. The lowest BCUT2D eigenvalue weighted by Crippen LogP contribution is -2.35. The van der Waals surface area contributed by atoms with Gasteiger partial charge in [0.1, 0.15) is 5.65 Å². The number of anilines is 1. The summed E-state index contributed by atoms with van der Waals surface area (Å²) in [6, 6.07) is 7.71. The third kappa shape index (κ3) is 3.49. The molecule has 0 atom stereocenters. The first-order chi connectivity index (χ1) is 13.5. The second-order valence-electron chi connectivity index (χ2n) is 8.16. The Balaban J connectivity index is 1.87. The lowest BCUT2D eigenvalue weighted by molar-refractivity contribution is 0.0100. The van der Waals surface area contributed by atoms with E-state index in [2.05, 4.69) is 17.2 Å². The van der Waals surface area contributed by atoms with Crippen molar-refractivity contribution < 1.29 is 5.11 Å². The van der Waals surface area contributed by atoms with E-state index in [0.29, 0.717) is 29.8 Å². The molecule has 1 fully saturated rings. The number of hydrogen-bond donors (Lipinski definition) is 2. The van der Waals surface area contributed by atoms with Gasteiger partial charge in [0.2, 0.25) is 5.95 Å². The van der Waals surface area contributed by atoms with Gasteiger partial charge in [-0.25, -0.2) is 4.98 Å². The molecule has 0 amide bonds. The summed E-state index contributed by atoms with van der Waals surface area (Å²) >= 11 is 0. The molecular formula is C22H28N4O2. The number of nitrogens with zero attached hydrogens (tertiary/aromatic N) is 3. The fourth-order valence-electron chi connectivity index (χ4n) is 4.16. The molecule has 2 aromatic heterocycles. The predicted octanol–water partition coefficient (Wildman–Crippen LogP) is 4.02. The van der Waals surface area contributed by atoms with Crippen LogP contribution in [-0.2, 0) is 0 Å². The number of fused-ring (bicyclic) bond motifs is 3. The first-order valence-corrected chi connectivity index (χ1v) is 10.3. The molecule has 1 aliphatic carbocycles. The fraction of sp³-hybridized carbons (Fsp3) is 0.500. The molecule has 0 unspecified atom stereocenters. The number of unbranched alkanes of at least 4 members (excludes halogenated alkanes) is 1. The second-order valence-corrected chi connectivity index (χ2v) is 8.16. The number of aliphatic hydroxyl groups is 1. The largest absolute Gasteiger partial charge is 0.390 e. The maximum Gasteiger partial charge on any atom is 0.260 e. The van der Waals surface area contributed by atoms with Crippen LogP contribution in [0.5, 0.6) is 0 Å². The van der Waals surface area contributed by atoms with Crippen molar-refractivity contribution in [2.45, 2.75) is 64.0 Å². The van der Waals surface area contributed by atoms with Crippen molar-refractivity contribution in [2.24, 2.45) is 0 Å². The Morgan fingerprint density at radius 1 is 1.21 bits per heavy atom. The molecule has 1 aliphatic rings. The van der Waals surface area contributed by atoms with Crippen LogP contribution in [0.3, 0.4) is 0 Å². The van der Waals surface area contributed by atoms with E-state index in [-0.39, 0.29) is 11.6 Å². The summed E-state index contributed by atoms with van der Waals surface area (Å²) in [6.45, 7) is 4.83. The standard InChI is InChI=1S/C22H28N4O2/c1-3-4-13-23-21-24-14-18-16-7-5-6-8-17(16)20(27)26(19(18)25-21)15-9-11-22(2,28)12-10-15/h5-8,14-15,28H,3-4,9-13H2,1-2H3,(H,23,24,25)/t15-,22-. The highest BCUT2D eigenvalue weighted by Gasteiger charge is 2.31. The van der Waals surface area contributed by atoms with Crippen molar-refractivity contribution in [3.05, 3.63) is 40.8 Å². The topological polar surface area (TPSA) is 80.0 Å². The Morgan fingerprint density at radius 2 is 1.93 bits per heavy atom. The summed E-state index contributed by atoms with van der Waals surface area (Å²) in [6.07, 6.45) is 6.87. The van der Waals surface area contributed by atoms with E-state index < -0.39 is 5.60 Å². The zero-order valence-corrected chi connectivity index (χ0v) is 16.6. The average molecular weight is 380 g/mol. The van der Waals surface area contributed by atoms with Gasteiger partial charge in [-0.2, -0.15) is 4.98 Å². The molecule has 6 nitrogen and oxygen atoms in total. The van der Waals surface area contributed by atoms with Gasteiger partial charge in [0.05, 0.1) is 5.60 Å². The molecule has 1 aromatic carbocycles. The summed E-state index contributed by atoms with van der Waals surface area (Å²) < 4.78 is 1.85. The van der Waals surface area contributed by atoms with Crippen LogP contribution in [0, 0.1) is 0 Å². The molecule has 3 aromatic rings. The monoisotopic (exact) mass is 380 g/mol. The first kappa shape index (κ1) is 18.9. The van der Waals surface area contributed by atoms with Crippen molar-refractivity contribution in [3.63, 3.8) is 0 Å². The lowest BCUT2D eigenvalue weighted by Gasteiger charge is -2.34. The van der Waals surface area contributed by atoms with Gasteiger partial charge in [0.15, 0.2) is 0 Å². The van der Waals surface area contributed by atoms with Crippen molar-refractivity contribution >= 4 is 27.8 Å². The molecular weight excluding hydrogens is 352 g/mol. The highest BCUT2D eigenvalue weighted by Crippen LogP contribution is 2.36. The molecule has 0 saturated heterocycles. The molecule has 148 valence electrons. The van der Waals surface area contributed by atoms with Crippen molar-refractivity contribution in [1.29, 1.82) is 0 Å². The van der Waals surface area contributed by atoms with Crippen LogP contribution in [0.1, 0.15) is 58.4 Å². The van der Waals surface area contributed by atoms with Crippen LogP contribution < -0.4 is 10.9 Å². The Morgan fingerprint density at radius 3 is 2.64 bits per heavy atom. The molecule has 6 heteroatoms. The van der Waals surface area contributed by atoms with Crippen LogP contribution in [0.15, 0.2) is 35.3 Å². The minimum atomic E-state index is -0.644. The highest BCUT2D eigenvalue weighted by atomic mass is 16.3. The number of pyridine rings is 1. The first-order valence-electron chi connectivity index (χ1n) is 10.3. The maximum absolute atomic E-state index is 13.4. The Kier molecular flexibility index (Phi) is 5.06. The highest BCUT2D eigenvalue weighted by molar-refractivity contribution is 6.04. The molecule has 4 rings (SSSR count). The van der Waals surface area contributed by atoms with E-state index in [1.807, 2.05) is 42.0 Å². The molecule has 2 heterocycles. The van der Waals surface area contributed by atoms with E-state index in [4.69, 9.17) is 4.98 Å². The van der Waals surface area contributed by atoms with Crippen LogP contribution >= 0.6 is 0 Å². The zero-order valence-electron chi connectivity index (χ0n) is 16.6. The summed E-state index contributed by atoms with van der Waals surface area (Å²) in [5.41, 5.74) is 0.0336. The third-order valence-electron chi connectivity index (χ3n) is 5.87. The van der Waals surface area contributed by atoms with Gasteiger partial charge in [0, 0.05) is 29.6 Å². The summed E-state index contributed by atoms with van der Waals surface area (Å²) in [4.78, 5) is 22.6. The summed E-state index contributed by atoms with van der Waals surface area (Å²) in [5.74, 6) is 0.562. The number of benzene rings is 1. The van der Waals surface area contributed by atoms with Crippen molar-refractivity contribution in [2.75, 3.05) is 11.9 Å². The summed E-state index contributed by atoms with van der Waals surface area (Å²) in [5, 5.41) is 16.1. The van der Waals surface area contributed by atoms with Gasteiger partial charge in [-0.1, -0.05) is 31.5 Å². The van der Waals surface area contributed by atoms with E-state index in [1.54, 1.807) is 0 Å². The molecule has 1 saturated carbocycles. The van der Waals surface area contributed by atoms with Gasteiger partial charge >= 0.3 is 0 Å². The Bertz CT molecular complexity index is 1050. The van der Waals surface area contributed by atoms with Gasteiger partial charge < -0.3 is 10.4 Å². The number of rotatable bonds is 5. The van der Waals surface area contributed by atoms with Crippen molar-refractivity contribution in [3.8, 4) is 0 Å². The van der Waals surface area contributed by atoms with Gasteiger partial charge in [-0.15, -0.1) is 0 Å². The molecule has 0 bridgehead atoms. The van der Waals surface area contributed by atoms with Crippen LogP contribution in [-0.4, -0.2) is 31.8 Å². The van der Waals surface area contributed by atoms with E-state index in [0.717, 1.165) is 43.0 Å². The minimum Gasteiger partial charge on any atom is -0.390 e.